The van der Waals surface area contributed by atoms with Crippen LogP contribution in [-0.2, 0) is 32.6 Å². The van der Waals surface area contributed by atoms with Crippen molar-refractivity contribution in [1.29, 1.82) is 0 Å². The Bertz CT molecular complexity index is 1440. The van der Waals surface area contributed by atoms with E-state index in [2.05, 4.69) is 5.32 Å². The first-order valence-electron chi connectivity index (χ1n) is 13.4. The number of hydrogen-bond donors (Lipinski definition) is 1. The van der Waals surface area contributed by atoms with Crippen molar-refractivity contribution >= 4 is 50.7 Å². The van der Waals surface area contributed by atoms with Crippen LogP contribution in [0.4, 0.5) is 5.69 Å². The van der Waals surface area contributed by atoms with Crippen molar-refractivity contribution in [2.24, 2.45) is 0 Å². The molecule has 1 N–H and O–H groups in total. The lowest BCUT2D eigenvalue weighted by atomic mass is 10.0. The second-order valence-electron chi connectivity index (χ2n) is 10.4. The first-order chi connectivity index (χ1) is 19.3. The van der Waals surface area contributed by atoms with Crippen LogP contribution in [0.25, 0.3) is 0 Å². The van der Waals surface area contributed by atoms with Crippen molar-refractivity contribution in [2.75, 3.05) is 17.1 Å². The fourth-order valence-electron chi connectivity index (χ4n) is 4.56. The van der Waals surface area contributed by atoms with Crippen molar-refractivity contribution in [1.82, 2.24) is 10.2 Å². The molecule has 0 unspecified atom stereocenters. The Kier molecular flexibility index (Phi) is 11.2. The molecule has 10 heteroatoms. The molecule has 3 rings (SSSR count). The average molecular weight is 619 g/mol. The standard InChI is InChI=1S/C31H37Cl2N3O4S/c1-6-23(4)34-31(38)29(18-24-11-8-7-9-12-24)35(19-26-27(32)13-10-14-28(26)33)30(37)20-36(41(5,39)40)25-16-21(2)15-22(3)17-25/h7-17,23,29H,6,18-20H2,1-5H3,(H,34,38)/t23-,29-/m0/s1. The summed E-state index contributed by atoms with van der Waals surface area (Å²) < 4.78 is 27.1. The van der Waals surface area contributed by atoms with E-state index in [1.807, 2.05) is 64.1 Å². The summed E-state index contributed by atoms with van der Waals surface area (Å²) in [5, 5.41) is 3.68. The molecule has 0 aliphatic carbocycles. The lowest BCUT2D eigenvalue weighted by molar-refractivity contribution is -0.140. The van der Waals surface area contributed by atoms with Crippen molar-refractivity contribution in [2.45, 2.75) is 59.2 Å². The third-order valence-corrected chi connectivity index (χ3v) is 8.68. The molecule has 0 saturated carbocycles. The maximum absolute atomic E-state index is 14.2. The molecule has 7 nitrogen and oxygen atoms in total. The third kappa shape index (κ3) is 8.96. The topological polar surface area (TPSA) is 86.8 Å². The van der Waals surface area contributed by atoms with Gasteiger partial charge in [0, 0.05) is 34.6 Å². The molecule has 0 radical (unpaired) electrons. The van der Waals surface area contributed by atoms with Crippen LogP contribution in [0.1, 0.15) is 42.5 Å². The predicted molar refractivity (Wildman–Crippen MR) is 167 cm³/mol. The maximum Gasteiger partial charge on any atom is 0.244 e. The highest BCUT2D eigenvalue weighted by Gasteiger charge is 2.34. The van der Waals surface area contributed by atoms with Gasteiger partial charge in [0.1, 0.15) is 12.6 Å². The highest BCUT2D eigenvalue weighted by atomic mass is 35.5. The summed E-state index contributed by atoms with van der Waals surface area (Å²) in [4.78, 5) is 29.4. The van der Waals surface area contributed by atoms with E-state index in [1.54, 1.807) is 30.3 Å². The Morgan fingerprint density at radius 3 is 2.05 bits per heavy atom. The number of carbonyl (C=O) groups excluding carboxylic acids is 2. The molecule has 3 aromatic rings. The number of halogens is 2. The SMILES string of the molecule is CC[C@H](C)NC(=O)[C@H](Cc1ccccc1)N(Cc1c(Cl)cccc1Cl)C(=O)CN(c1cc(C)cc(C)c1)S(C)(=O)=O. The summed E-state index contributed by atoms with van der Waals surface area (Å²) in [7, 11) is -3.86. The molecule has 0 aliphatic rings. The van der Waals surface area contributed by atoms with E-state index in [-0.39, 0.29) is 24.9 Å². The van der Waals surface area contributed by atoms with E-state index < -0.39 is 28.5 Å². The second kappa shape index (κ2) is 14.2. The smallest absolute Gasteiger partial charge is 0.244 e. The van der Waals surface area contributed by atoms with Crippen molar-refractivity contribution in [3.8, 4) is 0 Å². The summed E-state index contributed by atoms with van der Waals surface area (Å²) in [6.07, 6.45) is 1.96. The highest BCUT2D eigenvalue weighted by molar-refractivity contribution is 7.92. The van der Waals surface area contributed by atoms with Crippen LogP contribution in [0.3, 0.4) is 0 Å². The van der Waals surface area contributed by atoms with Gasteiger partial charge in [0.2, 0.25) is 21.8 Å². The van der Waals surface area contributed by atoms with Gasteiger partial charge in [-0.05, 0) is 68.1 Å². The van der Waals surface area contributed by atoms with Gasteiger partial charge < -0.3 is 10.2 Å². The van der Waals surface area contributed by atoms with Gasteiger partial charge in [0.15, 0.2) is 0 Å². The fraction of sp³-hybridized carbons (Fsp3) is 0.355. The molecule has 0 spiro atoms. The molecular formula is C31H37Cl2N3O4S. The predicted octanol–water partition coefficient (Wildman–Crippen LogP) is 5.93. The number of anilines is 1. The van der Waals surface area contributed by atoms with Crippen molar-refractivity contribution in [3.05, 3.63) is 99.0 Å². The van der Waals surface area contributed by atoms with Gasteiger partial charge in [0.05, 0.1) is 11.9 Å². The van der Waals surface area contributed by atoms with E-state index in [1.165, 1.54) is 4.90 Å². The van der Waals surface area contributed by atoms with Gasteiger partial charge >= 0.3 is 0 Å². The number of amides is 2. The number of carbonyl (C=O) groups is 2. The van der Waals surface area contributed by atoms with Gasteiger partial charge in [-0.15, -0.1) is 0 Å². The molecule has 220 valence electrons. The first kappa shape index (κ1) is 32.4. The molecule has 0 aromatic heterocycles. The minimum Gasteiger partial charge on any atom is -0.352 e. The Hall–Kier alpha value is -3.07. The van der Waals surface area contributed by atoms with E-state index in [4.69, 9.17) is 23.2 Å². The van der Waals surface area contributed by atoms with Crippen LogP contribution in [-0.4, -0.2) is 50.0 Å². The molecular weight excluding hydrogens is 581 g/mol. The van der Waals surface area contributed by atoms with E-state index in [0.29, 0.717) is 27.7 Å². The maximum atomic E-state index is 14.2. The van der Waals surface area contributed by atoms with Crippen LogP contribution < -0.4 is 9.62 Å². The van der Waals surface area contributed by atoms with Crippen molar-refractivity contribution in [3.63, 3.8) is 0 Å². The molecule has 0 heterocycles. The molecule has 2 atom stereocenters. The van der Waals surface area contributed by atoms with Crippen LogP contribution in [0.2, 0.25) is 10.0 Å². The molecule has 0 fully saturated rings. The molecule has 2 amide bonds. The zero-order valence-electron chi connectivity index (χ0n) is 24.0. The fourth-order valence-corrected chi connectivity index (χ4v) is 5.91. The van der Waals surface area contributed by atoms with Gasteiger partial charge in [0.25, 0.3) is 0 Å². The second-order valence-corrected chi connectivity index (χ2v) is 13.1. The summed E-state index contributed by atoms with van der Waals surface area (Å²) >= 11 is 13.0. The summed E-state index contributed by atoms with van der Waals surface area (Å²) in [6, 6.07) is 18.6. The molecule has 0 saturated heterocycles. The Labute approximate surface area is 253 Å². The van der Waals surface area contributed by atoms with Crippen molar-refractivity contribution < 1.29 is 18.0 Å². The van der Waals surface area contributed by atoms with Crippen LogP contribution in [0.15, 0.2) is 66.7 Å². The molecule has 0 aliphatic heterocycles. The highest BCUT2D eigenvalue weighted by Crippen LogP contribution is 2.28. The largest absolute Gasteiger partial charge is 0.352 e. The van der Waals surface area contributed by atoms with Gasteiger partial charge in [-0.25, -0.2) is 8.42 Å². The zero-order chi connectivity index (χ0) is 30.3. The van der Waals surface area contributed by atoms with E-state index in [9.17, 15) is 18.0 Å². The summed E-state index contributed by atoms with van der Waals surface area (Å²) in [6.45, 7) is 6.97. The Balaban J connectivity index is 2.13. The number of sulfonamides is 1. The quantitative estimate of drug-likeness (QED) is 0.273. The number of nitrogens with one attached hydrogen (secondary N) is 1. The van der Waals surface area contributed by atoms with Gasteiger partial charge in [-0.2, -0.15) is 0 Å². The van der Waals surface area contributed by atoms with Crippen LogP contribution in [0.5, 0.6) is 0 Å². The summed E-state index contributed by atoms with van der Waals surface area (Å²) in [5.41, 5.74) is 3.40. The number of rotatable bonds is 12. The molecule has 0 bridgehead atoms. The zero-order valence-corrected chi connectivity index (χ0v) is 26.4. The number of aryl methyl sites for hydroxylation is 2. The van der Waals surface area contributed by atoms with Gasteiger partial charge in [-0.3, -0.25) is 13.9 Å². The van der Waals surface area contributed by atoms with Crippen LogP contribution >= 0.6 is 23.2 Å². The first-order valence-corrected chi connectivity index (χ1v) is 16.0. The molecule has 3 aromatic carbocycles. The normalized spacial score (nSPS) is 12.9. The van der Waals surface area contributed by atoms with E-state index in [0.717, 1.165) is 27.3 Å². The number of benzene rings is 3. The third-order valence-electron chi connectivity index (χ3n) is 6.84. The monoisotopic (exact) mass is 617 g/mol. The summed E-state index contributed by atoms with van der Waals surface area (Å²) in [5.74, 6) is -0.914. The lowest BCUT2D eigenvalue weighted by Gasteiger charge is -2.34. The Morgan fingerprint density at radius 2 is 1.51 bits per heavy atom. The number of hydrogen-bond acceptors (Lipinski definition) is 4. The Morgan fingerprint density at radius 1 is 0.927 bits per heavy atom. The van der Waals surface area contributed by atoms with Gasteiger partial charge in [-0.1, -0.05) is 72.6 Å². The van der Waals surface area contributed by atoms with Crippen LogP contribution in [0, 0.1) is 13.8 Å². The number of nitrogens with zero attached hydrogens (tertiary/aromatic N) is 2. The minimum atomic E-state index is -3.86. The molecule has 41 heavy (non-hydrogen) atoms. The lowest BCUT2D eigenvalue weighted by Crippen LogP contribution is -2.54. The average Bonchev–Trinajstić information content (AvgIpc) is 2.89. The van der Waals surface area contributed by atoms with E-state index >= 15 is 0 Å². The minimum absolute atomic E-state index is 0.0901.